The maximum absolute atomic E-state index is 12.2. The van der Waals surface area contributed by atoms with Crippen LogP contribution in [0.1, 0.15) is 37.6 Å². The Morgan fingerprint density at radius 3 is 1.96 bits per heavy atom. The van der Waals surface area contributed by atoms with Crippen LogP contribution in [0.15, 0.2) is 48.5 Å². The second-order valence-electron chi connectivity index (χ2n) is 5.81. The number of amides is 2. The van der Waals surface area contributed by atoms with Crippen LogP contribution in [0.2, 0.25) is 0 Å². The minimum atomic E-state index is -0.710. The molecule has 0 aliphatic rings. The third kappa shape index (κ3) is 5.44. The molecule has 2 N–H and O–H groups in total. The highest BCUT2D eigenvalue weighted by molar-refractivity contribution is 5.96. The van der Waals surface area contributed by atoms with E-state index in [-0.39, 0.29) is 17.6 Å². The van der Waals surface area contributed by atoms with Crippen molar-refractivity contribution in [2.24, 2.45) is 0 Å². The number of rotatable bonds is 7. The molecule has 0 heterocycles. The second kappa shape index (κ2) is 8.80. The van der Waals surface area contributed by atoms with Gasteiger partial charge in [0, 0.05) is 30.3 Å². The first-order valence-electron chi connectivity index (χ1n) is 8.37. The summed E-state index contributed by atoms with van der Waals surface area (Å²) in [6, 6.07) is 13.5. The Kier molecular flexibility index (Phi) is 6.49. The van der Waals surface area contributed by atoms with Crippen molar-refractivity contribution in [1.82, 2.24) is 0 Å². The molecule has 0 bridgehead atoms. The largest absolute Gasteiger partial charge is 0.481 e. The van der Waals surface area contributed by atoms with Gasteiger partial charge in [0.1, 0.15) is 5.75 Å². The number of hydrogen-bond acceptors (Lipinski definition) is 4. The molecule has 0 aliphatic heterocycles. The maximum Gasteiger partial charge on any atom is 0.265 e. The van der Waals surface area contributed by atoms with Gasteiger partial charge in [-0.15, -0.1) is 0 Å². The van der Waals surface area contributed by atoms with E-state index in [2.05, 4.69) is 10.6 Å². The molecule has 1 atom stereocenters. The molecule has 2 rings (SSSR count). The molecule has 2 aromatic carbocycles. The zero-order valence-corrected chi connectivity index (χ0v) is 15.0. The summed E-state index contributed by atoms with van der Waals surface area (Å²) in [6.07, 6.45) is -0.266. The van der Waals surface area contributed by atoms with Crippen molar-refractivity contribution in [3.05, 3.63) is 54.1 Å². The number of anilines is 2. The molecule has 0 unspecified atom stereocenters. The molecule has 2 aromatic rings. The Balaban J connectivity index is 1.92. The van der Waals surface area contributed by atoms with Crippen molar-refractivity contribution in [2.75, 3.05) is 10.6 Å². The van der Waals surface area contributed by atoms with Crippen molar-refractivity contribution in [2.45, 2.75) is 33.3 Å². The number of ketones is 1. The summed E-state index contributed by atoms with van der Waals surface area (Å²) in [7, 11) is 0. The monoisotopic (exact) mass is 354 g/mol. The zero-order valence-electron chi connectivity index (χ0n) is 15.0. The standard InChI is InChI=1S/C20H22N2O4/c1-4-19(24)15-5-11-18(12-6-15)26-13(2)20(25)22-17-9-7-16(8-10-17)21-14(3)23/h5-13H,4H2,1-3H3,(H,21,23)(H,22,25)/t13-/m1/s1. The Labute approximate surface area is 152 Å². The summed E-state index contributed by atoms with van der Waals surface area (Å²) in [5, 5.41) is 5.41. The van der Waals surface area contributed by atoms with Gasteiger partial charge in [-0.1, -0.05) is 6.92 Å². The molecule has 136 valence electrons. The van der Waals surface area contributed by atoms with Crippen LogP contribution in [0, 0.1) is 0 Å². The Hall–Kier alpha value is -3.15. The fraction of sp³-hybridized carbons (Fsp3) is 0.250. The van der Waals surface area contributed by atoms with E-state index in [4.69, 9.17) is 4.74 Å². The van der Waals surface area contributed by atoms with Gasteiger partial charge in [0.25, 0.3) is 5.91 Å². The minimum Gasteiger partial charge on any atom is -0.481 e. The topological polar surface area (TPSA) is 84.5 Å². The summed E-state index contributed by atoms with van der Waals surface area (Å²) in [5.41, 5.74) is 1.88. The van der Waals surface area contributed by atoms with Crippen LogP contribution >= 0.6 is 0 Å². The molecular weight excluding hydrogens is 332 g/mol. The van der Waals surface area contributed by atoms with Gasteiger partial charge in [0.05, 0.1) is 0 Å². The fourth-order valence-corrected chi connectivity index (χ4v) is 2.27. The molecule has 0 spiro atoms. The number of carbonyl (C=O) groups excluding carboxylic acids is 3. The van der Waals surface area contributed by atoms with Gasteiger partial charge in [-0.3, -0.25) is 14.4 Å². The molecule has 0 saturated carbocycles. The van der Waals surface area contributed by atoms with Crippen LogP contribution in [0.3, 0.4) is 0 Å². The van der Waals surface area contributed by atoms with Crippen molar-refractivity contribution in [3.8, 4) is 5.75 Å². The SMILES string of the molecule is CCC(=O)c1ccc(O[C@H](C)C(=O)Nc2ccc(NC(C)=O)cc2)cc1. The highest BCUT2D eigenvalue weighted by atomic mass is 16.5. The third-order valence-corrected chi connectivity index (χ3v) is 3.65. The number of ether oxygens (including phenoxy) is 1. The van der Waals surface area contributed by atoms with Crippen molar-refractivity contribution in [3.63, 3.8) is 0 Å². The van der Waals surface area contributed by atoms with Gasteiger partial charge in [-0.25, -0.2) is 0 Å². The summed E-state index contributed by atoms with van der Waals surface area (Å²) in [4.78, 5) is 34.9. The molecule has 0 radical (unpaired) electrons. The van der Waals surface area contributed by atoms with Crippen LogP contribution in [0.5, 0.6) is 5.75 Å². The van der Waals surface area contributed by atoms with E-state index in [9.17, 15) is 14.4 Å². The molecule has 0 saturated heterocycles. The van der Waals surface area contributed by atoms with Gasteiger partial charge >= 0.3 is 0 Å². The average molecular weight is 354 g/mol. The Bertz CT molecular complexity index is 782. The van der Waals surface area contributed by atoms with E-state index < -0.39 is 6.10 Å². The lowest BCUT2D eigenvalue weighted by Gasteiger charge is -2.15. The summed E-state index contributed by atoms with van der Waals surface area (Å²) in [6.45, 7) is 4.88. The number of Topliss-reactive ketones (excluding diaryl/α,β-unsaturated/α-hetero) is 1. The number of benzene rings is 2. The summed E-state index contributed by atoms with van der Waals surface area (Å²) < 4.78 is 5.61. The first-order valence-corrected chi connectivity index (χ1v) is 8.37. The van der Waals surface area contributed by atoms with Crippen molar-refractivity contribution < 1.29 is 19.1 Å². The van der Waals surface area contributed by atoms with E-state index in [1.54, 1.807) is 55.5 Å². The Morgan fingerprint density at radius 1 is 0.923 bits per heavy atom. The van der Waals surface area contributed by atoms with Crippen molar-refractivity contribution >= 4 is 29.0 Å². The fourth-order valence-electron chi connectivity index (χ4n) is 2.27. The normalized spacial score (nSPS) is 11.3. The third-order valence-electron chi connectivity index (χ3n) is 3.65. The van der Waals surface area contributed by atoms with E-state index in [0.717, 1.165) is 0 Å². The van der Waals surface area contributed by atoms with Crippen LogP contribution in [0.25, 0.3) is 0 Å². The van der Waals surface area contributed by atoms with Gasteiger partial charge in [0.2, 0.25) is 5.91 Å². The first kappa shape index (κ1) is 19.2. The van der Waals surface area contributed by atoms with Gasteiger partial charge in [-0.05, 0) is 55.5 Å². The van der Waals surface area contributed by atoms with Gasteiger partial charge < -0.3 is 15.4 Å². The summed E-state index contributed by atoms with van der Waals surface area (Å²) >= 11 is 0. The smallest absolute Gasteiger partial charge is 0.265 e. The van der Waals surface area contributed by atoms with E-state index in [1.807, 2.05) is 6.92 Å². The predicted molar refractivity (Wildman–Crippen MR) is 101 cm³/mol. The van der Waals surface area contributed by atoms with Crippen LogP contribution < -0.4 is 15.4 Å². The molecule has 6 nitrogen and oxygen atoms in total. The summed E-state index contributed by atoms with van der Waals surface area (Å²) in [5.74, 6) is 0.118. The van der Waals surface area contributed by atoms with E-state index >= 15 is 0 Å². The van der Waals surface area contributed by atoms with Crippen LogP contribution in [-0.4, -0.2) is 23.7 Å². The Morgan fingerprint density at radius 2 is 1.46 bits per heavy atom. The van der Waals surface area contributed by atoms with E-state index in [0.29, 0.717) is 29.1 Å². The molecular formula is C20H22N2O4. The maximum atomic E-state index is 12.2. The predicted octanol–water partition coefficient (Wildman–Crippen LogP) is 3.64. The van der Waals surface area contributed by atoms with E-state index in [1.165, 1.54) is 6.92 Å². The lowest BCUT2D eigenvalue weighted by molar-refractivity contribution is -0.122. The average Bonchev–Trinajstić information content (AvgIpc) is 2.62. The molecule has 2 amide bonds. The number of hydrogen-bond donors (Lipinski definition) is 2. The first-order chi connectivity index (χ1) is 12.4. The molecule has 0 aromatic heterocycles. The van der Waals surface area contributed by atoms with Gasteiger partial charge in [0.15, 0.2) is 11.9 Å². The van der Waals surface area contributed by atoms with Crippen LogP contribution in [-0.2, 0) is 9.59 Å². The minimum absolute atomic E-state index is 0.0602. The lowest BCUT2D eigenvalue weighted by atomic mass is 10.1. The highest BCUT2D eigenvalue weighted by Gasteiger charge is 2.15. The van der Waals surface area contributed by atoms with Gasteiger partial charge in [-0.2, -0.15) is 0 Å². The quantitative estimate of drug-likeness (QED) is 0.744. The highest BCUT2D eigenvalue weighted by Crippen LogP contribution is 2.17. The van der Waals surface area contributed by atoms with Crippen molar-refractivity contribution in [1.29, 1.82) is 0 Å². The number of nitrogens with one attached hydrogen (secondary N) is 2. The molecule has 6 heteroatoms. The number of carbonyl (C=O) groups is 3. The molecule has 26 heavy (non-hydrogen) atoms. The zero-order chi connectivity index (χ0) is 19.1. The molecule has 0 aliphatic carbocycles. The van der Waals surface area contributed by atoms with Crippen LogP contribution in [0.4, 0.5) is 11.4 Å². The molecule has 0 fully saturated rings. The lowest BCUT2D eigenvalue weighted by Crippen LogP contribution is -2.30. The second-order valence-corrected chi connectivity index (χ2v) is 5.81.